The Kier molecular flexibility index (Phi) is 7.85. The smallest absolute Gasteiger partial charge is 0.247 e. The lowest BCUT2D eigenvalue weighted by atomic mass is 10.2. The predicted molar refractivity (Wildman–Crippen MR) is 138 cm³/mol. The number of aryl methyl sites for hydroxylation is 1. The summed E-state index contributed by atoms with van der Waals surface area (Å²) in [5, 5.41) is 0.581. The number of hydrogen-bond donors (Lipinski definition) is 0. The fourth-order valence-electron chi connectivity index (χ4n) is 4.47. The summed E-state index contributed by atoms with van der Waals surface area (Å²) in [7, 11) is -3.95. The molecule has 2 aromatic carbocycles. The molecule has 0 aliphatic carbocycles. The lowest BCUT2D eigenvalue weighted by Gasteiger charge is -2.30. The van der Waals surface area contributed by atoms with Crippen LogP contribution in [0.2, 0.25) is 0 Å². The summed E-state index contributed by atoms with van der Waals surface area (Å²) in [6, 6.07) is 9.86. The van der Waals surface area contributed by atoms with E-state index < -0.39 is 21.9 Å². The third kappa shape index (κ3) is 5.25. The zero-order chi connectivity index (χ0) is 25.2. The number of nitrogens with zero attached hydrogens (tertiary/aromatic N) is 4. The van der Waals surface area contributed by atoms with E-state index in [2.05, 4.69) is 18.7 Å². The first-order valence-corrected chi connectivity index (χ1v) is 14.2. The predicted octanol–water partition coefficient (Wildman–Crippen LogP) is 4.27. The average Bonchev–Trinajstić information content (AvgIpc) is 3.51. The highest BCUT2D eigenvalue weighted by molar-refractivity contribution is 7.89. The van der Waals surface area contributed by atoms with Gasteiger partial charge in [-0.1, -0.05) is 37.3 Å². The van der Waals surface area contributed by atoms with Crippen LogP contribution in [0.1, 0.15) is 32.3 Å². The summed E-state index contributed by atoms with van der Waals surface area (Å²) in [6.07, 6.45) is 1.02. The molecular weight excluding hydrogens is 487 g/mol. The number of rotatable bonds is 9. The van der Waals surface area contributed by atoms with E-state index in [-0.39, 0.29) is 17.3 Å². The first-order chi connectivity index (χ1) is 16.8. The molecule has 1 amide bonds. The zero-order valence-corrected chi connectivity index (χ0v) is 21.9. The van der Waals surface area contributed by atoms with E-state index in [0.29, 0.717) is 31.1 Å². The molecule has 0 N–H and O–H groups in total. The summed E-state index contributed by atoms with van der Waals surface area (Å²) in [4.78, 5) is 22.6. The molecule has 0 bridgehead atoms. The van der Waals surface area contributed by atoms with Crippen LogP contribution >= 0.6 is 11.3 Å². The maximum atomic E-state index is 13.9. The second-order valence-corrected chi connectivity index (χ2v) is 11.6. The highest BCUT2D eigenvalue weighted by Gasteiger charge is 2.42. The van der Waals surface area contributed by atoms with E-state index in [1.807, 2.05) is 25.1 Å². The molecule has 1 saturated heterocycles. The quantitative estimate of drug-likeness (QED) is 0.423. The van der Waals surface area contributed by atoms with Gasteiger partial charge in [-0.2, -0.15) is 4.31 Å². The number of fused-ring (bicyclic) bond motifs is 1. The van der Waals surface area contributed by atoms with E-state index in [0.717, 1.165) is 41.0 Å². The minimum Gasteiger partial charge on any atom is -0.302 e. The first-order valence-electron chi connectivity index (χ1n) is 11.9. The second-order valence-electron chi connectivity index (χ2n) is 8.66. The molecule has 0 radical (unpaired) electrons. The molecule has 2 heterocycles. The molecule has 35 heavy (non-hydrogen) atoms. The van der Waals surface area contributed by atoms with Crippen molar-refractivity contribution in [2.24, 2.45) is 0 Å². The Balaban J connectivity index is 1.68. The summed E-state index contributed by atoms with van der Waals surface area (Å²) in [5.74, 6) is -0.774. The van der Waals surface area contributed by atoms with Crippen molar-refractivity contribution in [3.63, 3.8) is 0 Å². The van der Waals surface area contributed by atoms with Crippen molar-refractivity contribution in [1.82, 2.24) is 14.2 Å². The maximum absolute atomic E-state index is 13.9. The third-order valence-corrected chi connectivity index (χ3v) is 9.52. The van der Waals surface area contributed by atoms with Crippen molar-refractivity contribution < 1.29 is 17.6 Å². The number of anilines is 1. The van der Waals surface area contributed by atoms with Gasteiger partial charge in [0.2, 0.25) is 15.9 Å². The molecule has 3 aromatic rings. The summed E-state index contributed by atoms with van der Waals surface area (Å²) in [6.45, 7) is 9.17. The molecule has 1 aliphatic rings. The van der Waals surface area contributed by atoms with Gasteiger partial charge in [-0.15, -0.1) is 0 Å². The van der Waals surface area contributed by atoms with Crippen LogP contribution in [0.5, 0.6) is 0 Å². The van der Waals surface area contributed by atoms with E-state index in [1.165, 1.54) is 27.8 Å². The molecule has 188 valence electrons. The Bertz CT molecular complexity index is 1290. The minimum absolute atomic E-state index is 0.0103. The van der Waals surface area contributed by atoms with Crippen LogP contribution in [0.15, 0.2) is 47.4 Å². The molecule has 1 unspecified atom stereocenters. The SMILES string of the molecule is CCN(CC)CCN(C(=O)C1CCCN1S(=O)(=O)c1ccc(F)cc1)c1nc2c(C)cccc2s1. The largest absolute Gasteiger partial charge is 0.302 e. The number of likely N-dealkylation sites (N-methyl/N-ethyl adjacent to an activating group) is 1. The highest BCUT2D eigenvalue weighted by Crippen LogP contribution is 2.33. The van der Waals surface area contributed by atoms with Crippen molar-refractivity contribution >= 4 is 42.6 Å². The number of carbonyl (C=O) groups is 1. The van der Waals surface area contributed by atoms with Gasteiger partial charge in [-0.25, -0.2) is 17.8 Å². The molecule has 1 atom stereocenters. The molecule has 10 heteroatoms. The van der Waals surface area contributed by atoms with Crippen molar-refractivity contribution in [3.05, 3.63) is 53.8 Å². The van der Waals surface area contributed by atoms with Gasteiger partial charge in [0.1, 0.15) is 11.9 Å². The van der Waals surface area contributed by atoms with E-state index >= 15 is 0 Å². The normalized spacial score (nSPS) is 16.9. The van der Waals surface area contributed by atoms with Gasteiger partial charge in [0.25, 0.3) is 0 Å². The van der Waals surface area contributed by atoms with Crippen LogP contribution in [0.4, 0.5) is 9.52 Å². The fourth-order valence-corrected chi connectivity index (χ4v) is 7.19. The minimum atomic E-state index is -3.95. The van der Waals surface area contributed by atoms with Crippen LogP contribution < -0.4 is 4.90 Å². The van der Waals surface area contributed by atoms with Crippen molar-refractivity contribution in [2.45, 2.75) is 44.6 Å². The highest BCUT2D eigenvalue weighted by atomic mass is 32.2. The van der Waals surface area contributed by atoms with Crippen LogP contribution in [-0.4, -0.2) is 67.3 Å². The molecule has 0 saturated carbocycles. The second kappa shape index (κ2) is 10.7. The topological polar surface area (TPSA) is 73.8 Å². The number of sulfonamides is 1. The van der Waals surface area contributed by atoms with Gasteiger partial charge in [-0.05, 0) is 68.8 Å². The van der Waals surface area contributed by atoms with E-state index in [4.69, 9.17) is 4.98 Å². The number of thiazole rings is 1. The monoisotopic (exact) mass is 518 g/mol. The Labute approximate surface area is 210 Å². The fraction of sp³-hybridized carbons (Fsp3) is 0.440. The lowest BCUT2D eigenvalue weighted by Crippen LogP contribution is -2.49. The van der Waals surface area contributed by atoms with Crippen LogP contribution in [-0.2, 0) is 14.8 Å². The van der Waals surface area contributed by atoms with Crippen molar-refractivity contribution in [1.29, 1.82) is 0 Å². The number of carbonyl (C=O) groups excluding carboxylic acids is 1. The Morgan fingerprint density at radius 3 is 2.51 bits per heavy atom. The molecule has 0 spiro atoms. The molecule has 7 nitrogen and oxygen atoms in total. The zero-order valence-electron chi connectivity index (χ0n) is 20.3. The lowest BCUT2D eigenvalue weighted by molar-refractivity contribution is -0.121. The average molecular weight is 519 g/mol. The molecule has 1 fully saturated rings. The molecule has 1 aromatic heterocycles. The van der Waals surface area contributed by atoms with Gasteiger partial charge < -0.3 is 4.90 Å². The number of halogens is 1. The van der Waals surface area contributed by atoms with E-state index in [1.54, 1.807) is 4.90 Å². The Morgan fingerprint density at radius 1 is 1.14 bits per heavy atom. The molecule has 4 rings (SSSR count). The van der Waals surface area contributed by atoms with Gasteiger partial charge >= 0.3 is 0 Å². The molecule has 1 aliphatic heterocycles. The van der Waals surface area contributed by atoms with Gasteiger partial charge in [0, 0.05) is 19.6 Å². The number of aromatic nitrogens is 1. The van der Waals surface area contributed by atoms with Crippen LogP contribution in [0.25, 0.3) is 10.2 Å². The number of benzene rings is 2. The number of hydrogen-bond acceptors (Lipinski definition) is 6. The standard InChI is InChI=1S/C25H31FN4O3S2/c1-4-28(5-2)16-17-29(25-27-23-18(3)8-6-10-22(23)34-25)24(31)21-9-7-15-30(21)35(32,33)20-13-11-19(26)12-14-20/h6,8,10-14,21H,4-5,7,9,15-17H2,1-3H3. The first kappa shape index (κ1) is 25.7. The van der Waals surface area contributed by atoms with Crippen molar-refractivity contribution in [2.75, 3.05) is 37.6 Å². The van der Waals surface area contributed by atoms with Gasteiger partial charge in [0.15, 0.2) is 5.13 Å². The summed E-state index contributed by atoms with van der Waals surface area (Å²) in [5.41, 5.74) is 1.89. The number of para-hydroxylation sites is 1. The van der Waals surface area contributed by atoms with Crippen LogP contribution in [0.3, 0.4) is 0 Å². The Morgan fingerprint density at radius 2 is 1.86 bits per heavy atom. The number of amides is 1. The van der Waals surface area contributed by atoms with Crippen molar-refractivity contribution in [3.8, 4) is 0 Å². The Hall–Kier alpha value is -2.40. The molecular formula is C25H31FN4O3S2. The third-order valence-electron chi connectivity index (χ3n) is 6.55. The van der Waals surface area contributed by atoms with E-state index in [9.17, 15) is 17.6 Å². The van der Waals surface area contributed by atoms with Gasteiger partial charge in [0.05, 0.1) is 15.1 Å². The maximum Gasteiger partial charge on any atom is 0.247 e. The van der Waals surface area contributed by atoms with Gasteiger partial charge in [-0.3, -0.25) is 9.69 Å². The van der Waals surface area contributed by atoms with Crippen LogP contribution in [0, 0.1) is 12.7 Å². The summed E-state index contributed by atoms with van der Waals surface area (Å²) >= 11 is 1.45. The summed E-state index contributed by atoms with van der Waals surface area (Å²) < 4.78 is 42.4.